The van der Waals surface area contributed by atoms with Gasteiger partial charge in [-0.1, -0.05) is 5.16 Å². The van der Waals surface area contributed by atoms with Crippen molar-refractivity contribution in [2.45, 2.75) is 6.54 Å². The van der Waals surface area contributed by atoms with Crippen molar-refractivity contribution in [2.75, 3.05) is 5.32 Å². The second-order valence-corrected chi connectivity index (χ2v) is 2.89. The van der Waals surface area contributed by atoms with Crippen LogP contribution in [0.3, 0.4) is 0 Å². The zero-order valence-corrected chi connectivity index (χ0v) is 7.84. The number of nitrogens with one attached hydrogen (secondary N) is 1. The summed E-state index contributed by atoms with van der Waals surface area (Å²) < 4.78 is 4.69. The highest BCUT2D eigenvalue weighted by atomic mass is 16.5. The van der Waals surface area contributed by atoms with Crippen LogP contribution in [-0.2, 0) is 6.54 Å². The Labute approximate surface area is 86.3 Å². The van der Waals surface area contributed by atoms with Gasteiger partial charge in [-0.3, -0.25) is 0 Å². The van der Waals surface area contributed by atoms with Crippen molar-refractivity contribution in [3.05, 3.63) is 42.0 Å². The fourth-order valence-corrected chi connectivity index (χ4v) is 1.12. The van der Waals surface area contributed by atoms with Crippen molar-refractivity contribution in [1.82, 2.24) is 10.1 Å². The molecule has 2 aromatic heterocycles. The van der Waals surface area contributed by atoms with Gasteiger partial charge >= 0.3 is 0 Å². The van der Waals surface area contributed by atoms with Crippen molar-refractivity contribution in [2.24, 2.45) is 0 Å². The average molecular weight is 200 g/mol. The van der Waals surface area contributed by atoms with E-state index in [0.717, 1.165) is 11.4 Å². The molecule has 0 saturated heterocycles. The fraction of sp³-hybridized carbons (Fsp3) is 0.100. The van der Waals surface area contributed by atoms with Crippen LogP contribution < -0.4 is 5.32 Å². The lowest BCUT2D eigenvalue weighted by Gasteiger charge is -2.02. The molecule has 0 atom stereocenters. The van der Waals surface area contributed by atoms with E-state index in [0.29, 0.717) is 12.2 Å². The summed E-state index contributed by atoms with van der Waals surface area (Å²) in [7, 11) is 0. The monoisotopic (exact) mass is 200 g/mol. The summed E-state index contributed by atoms with van der Waals surface area (Å²) in [5, 5.41) is 15.5. The number of hydrogen-bond donors (Lipinski definition) is 1. The highest BCUT2D eigenvalue weighted by Gasteiger charge is 1.98. The van der Waals surface area contributed by atoms with Gasteiger partial charge in [0, 0.05) is 18.0 Å². The lowest BCUT2D eigenvalue weighted by molar-refractivity contribution is 0.412. The van der Waals surface area contributed by atoms with E-state index in [4.69, 9.17) is 9.78 Å². The van der Waals surface area contributed by atoms with Crippen LogP contribution in [0.25, 0.3) is 0 Å². The third kappa shape index (κ3) is 2.31. The Bertz CT molecular complexity index is 472. The summed E-state index contributed by atoms with van der Waals surface area (Å²) in [6, 6.07) is 7.23. The Morgan fingerprint density at radius 2 is 2.40 bits per heavy atom. The predicted molar refractivity (Wildman–Crippen MR) is 52.8 cm³/mol. The van der Waals surface area contributed by atoms with Crippen LogP contribution >= 0.6 is 0 Å². The molecule has 0 aromatic carbocycles. The smallest absolute Gasteiger partial charge is 0.142 e. The number of pyridine rings is 1. The Kier molecular flexibility index (Phi) is 2.61. The molecule has 15 heavy (non-hydrogen) atoms. The Morgan fingerprint density at radius 3 is 3.13 bits per heavy atom. The average Bonchev–Trinajstić information content (AvgIpc) is 2.79. The Balaban J connectivity index is 2.02. The molecule has 0 saturated carbocycles. The molecule has 74 valence electrons. The van der Waals surface area contributed by atoms with Gasteiger partial charge < -0.3 is 9.84 Å². The SMILES string of the molecule is N#Cc1cc(NCc2ccon2)ccn1. The molecule has 0 unspecified atom stereocenters. The van der Waals surface area contributed by atoms with Crippen molar-refractivity contribution in [1.29, 1.82) is 5.26 Å². The minimum Gasteiger partial charge on any atom is -0.379 e. The second kappa shape index (κ2) is 4.24. The number of anilines is 1. The minimum atomic E-state index is 0.389. The second-order valence-electron chi connectivity index (χ2n) is 2.89. The Morgan fingerprint density at radius 1 is 1.47 bits per heavy atom. The predicted octanol–water partition coefficient (Wildman–Crippen LogP) is 1.55. The largest absolute Gasteiger partial charge is 0.379 e. The van der Waals surface area contributed by atoms with E-state index in [2.05, 4.69) is 15.5 Å². The highest BCUT2D eigenvalue weighted by molar-refractivity contribution is 5.45. The summed E-state index contributed by atoms with van der Waals surface area (Å²) in [5.74, 6) is 0. The van der Waals surface area contributed by atoms with Gasteiger partial charge in [-0.2, -0.15) is 5.26 Å². The van der Waals surface area contributed by atoms with Gasteiger partial charge in [0.05, 0.1) is 6.54 Å². The summed E-state index contributed by atoms with van der Waals surface area (Å²) in [4.78, 5) is 3.87. The molecule has 0 bridgehead atoms. The topological polar surface area (TPSA) is 74.7 Å². The first-order valence-electron chi connectivity index (χ1n) is 4.38. The van der Waals surface area contributed by atoms with Gasteiger partial charge in [-0.15, -0.1) is 0 Å². The van der Waals surface area contributed by atoms with E-state index in [1.165, 1.54) is 6.26 Å². The molecule has 0 aliphatic carbocycles. The number of aromatic nitrogens is 2. The molecule has 2 heterocycles. The number of hydrogen-bond acceptors (Lipinski definition) is 5. The Hall–Kier alpha value is -2.35. The van der Waals surface area contributed by atoms with Crippen LogP contribution in [0.5, 0.6) is 0 Å². The van der Waals surface area contributed by atoms with Crippen LogP contribution in [0.15, 0.2) is 35.2 Å². The number of rotatable bonds is 3. The van der Waals surface area contributed by atoms with E-state index >= 15 is 0 Å². The van der Waals surface area contributed by atoms with E-state index in [9.17, 15) is 0 Å². The normalized spacial score (nSPS) is 9.53. The molecule has 0 radical (unpaired) electrons. The van der Waals surface area contributed by atoms with E-state index in [1.54, 1.807) is 24.4 Å². The van der Waals surface area contributed by atoms with Gasteiger partial charge in [-0.05, 0) is 12.1 Å². The number of nitrogens with zero attached hydrogens (tertiary/aromatic N) is 3. The summed E-state index contributed by atoms with van der Waals surface area (Å²) in [5.41, 5.74) is 2.04. The van der Waals surface area contributed by atoms with E-state index in [-0.39, 0.29) is 0 Å². The third-order valence-corrected chi connectivity index (χ3v) is 1.84. The summed E-state index contributed by atoms with van der Waals surface area (Å²) in [6.07, 6.45) is 3.11. The molecule has 0 aliphatic rings. The minimum absolute atomic E-state index is 0.389. The first-order chi connectivity index (χ1) is 7.38. The van der Waals surface area contributed by atoms with Crippen LogP contribution in [-0.4, -0.2) is 10.1 Å². The zero-order chi connectivity index (χ0) is 10.5. The van der Waals surface area contributed by atoms with Crippen LogP contribution in [0.1, 0.15) is 11.4 Å². The quantitative estimate of drug-likeness (QED) is 0.813. The molecule has 0 amide bonds. The first-order valence-corrected chi connectivity index (χ1v) is 4.38. The van der Waals surface area contributed by atoms with Gasteiger partial charge in [0.15, 0.2) is 0 Å². The van der Waals surface area contributed by atoms with Crippen LogP contribution in [0.2, 0.25) is 0 Å². The zero-order valence-electron chi connectivity index (χ0n) is 7.84. The molecule has 0 spiro atoms. The standard InChI is InChI=1S/C10H8N4O/c11-6-10-5-8(1-3-12-10)13-7-9-2-4-15-14-9/h1-5H,7H2,(H,12,13). The maximum absolute atomic E-state index is 8.65. The van der Waals surface area contributed by atoms with Gasteiger partial charge in [0.2, 0.25) is 0 Å². The van der Waals surface area contributed by atoms with Gasteiger partial charge in [0.1, 0.15) is 23.7 Å². The van der Waals surface area contributed by atoms with Gasteiger partial charge in [0.25, 0.3) is 0 Å². The van der Waals surface area contributed by atoms with Crippen molar-refractivity contribution in [3.8, 4) is 6.07 Å². The molecule has 2 rings (SSSR count). The molecule has 1 N–H and O–H groups in total. The van der Waals surface area contributed by atoms with Crippen molar-refractivity contribution >= 4 is 5.69 Å². The molecule has 0 fully saturated rings. The molecular weight excluding hydrogens is 192 g/mol. The van der Waals surface area contributed by atoms with Crippen molar-refractivity contribution < 1.29 is 4.52 Å². The van der Waals surface area contributed by atoms with E-state index in [1.807, 2.05) is 6.07 Å². The van der Waals surface area contributed by atoms with Crippen molar-refractivity contribution in [3.63, 3.8) is 0 Å². The third-order valence-electron chi connectivity index (χ3n) is 1.84. The number of nitriles is 1. The molecule has 2 aromatic rings. The highest BCUT2D eigenvalue weighted by Crippen LogP contribution is 2.08. The van der Waals surface area contributed by atoms with Crippen LogP contribution in [0, 0.1) is 11.3 Å². The van der Waals surface area contributed by atoms with Gasteiger partial charge in [-0.25, -0.2) is 4.98 Å². The maximum atomic E-state index is 8.65. The van der Waals surface area contributed by atoms with Crippen LogP contribution in [0.4, 0.5) is 5.69 Å². The maximum Gasteiger partial charge on any atom is 0.142 e. The van der Waals surface area contributed by atoms with E-state index < -0.39 is 0 Å². The summed E-state index contributed by atoms with van der Waals surface area (Å²) >= 11 is 0. The molecule has 5 nitrogen and oxygen atoms in total. The lowest BCUT2D eigenvalue weighted by Crippen LogP contribution is -2.00. The lowest BCUT2D eigenvalue weighted by atomic mass is 10.3. The summed E-state index contributed by atoms with van der Waals surface area (Å²) in [6.45, 7) is 0.561. The molecule has 5 heteroatoms. The fourth-order valence-electron chi connectivity index (χ4n) is 1.12. The molecular formula is C10H8N4O. The molecule has 0 aliphatic heterocycles. The first kappa shape index (κ1) is 9.21.